The normalized spacial score (nSPS) is 10.9. The number of methoxy groups -OCH3 is 4. The van der Waals surface area contributed by atoms with Crippen molar-refractivity contribution in [3.05, 3.63) is 48.5 Å². The van der Waals surface area contributed by atoms with Gasteiger partial charge >= 0.3 is 12.1 Å². The van der Waals surface area contributed by atoms with Crippen molar-refractivity contribution in [3.8, 4) is 11.5 Å². The van der Waals surface area contributed by atoms with Gasteiger partial charge in [0.25, 0.3) is 0 Å². The summed E-state index contributed by atoms with van der Waals surface area (Å²) in [5, 5.41) is 2.82. The number of carbonyl (C=O) groups excluding carboxylic acids is 2. The van der Waals surface area contributed by atoms with Crippen LogP contribution >= 0.6 is 0 Å². The van der Waals surface area contributed by atoms with Gasteiger partial charge in [-0.25, -0.2) is 4.79 Å². The van der Waals surface area contributed by atoms with E-state index in [1.807, 2.05) is 65.8 Å². The number of anilines is 2. The molecule has 2 aromatic carbocycles. The van der Waals surface area contributed by atoms with E-state index in [9.17, 15) is 9.59 Å². The molecule has 1 amide bonds. The van der Waals surface area contributed by atoms with E-state index < -0.39 is 6.09 Å². The summed E-state index contributed by atoms with van der Waals surface area (Å²) < 4.78 is 30.8. The van der Waals surface area contributed by atoms with Crippen LogP contribution in [0.25, 0.3) is 0 Å². The standard InChI is InChI=1S/C18H30N2O4.C14H21NO4.C5H13N.2C2H6/c1-5-6-15(2)19-18(21)24-17-9-7-16(8-10-17)20(11-13-22-3)12-14-23-4;1-12(16)19-14-6-4-13(5-7-14)15(8-10-17-2)9-11-18-3;1-3-4-5(2)6;2*1-2/h7-10,15H,5-6,11-14H2,1-4H3,(H,19,21);4-7H,8-11H2,1-3H3;5H,3-4,6H2,1-2H3;2*1-2H3/t15-;;5-;;/m1.1../s1. The van der Waals surface area contributed by atoms with E-state index in [1.54, 1.807) is 52.7 Å². The Morgan fingerprint density at radius 2 is 0.962 bits per heavy atom. The fraction of sp³-hybridized carbons (Fsp3) is 0.659. The van der Waals surface area contributed by atoms with Gasteiger partial charge in [-0.2, -0.15) is 0 Å². The van der Waals surface area contributed by atoms with Crippen LogP contribution in [0.15, 0.2) is 48.5 Å². The largest absolute Gasteiger partial charge is 0.427 e. The molecule has 0 radical (unpaired) electrons. The second kappa shape index (κ2) is 38.3. The minimum Gasteiger partial charge on any atom is -0.427 e. The summed E-state index contributed by atoms with van der Waals surface area (Å²) in [6.07, 6.45) is 3.90. The zero-order chi connectivity index (χ0) is 40.9. The fourth-order valence-electron chi connectivity index (χ4n) is 4.46. The summed E-state index contributed by atoms with van der Waals surface area (Å²) >= 11 is 0. The molecule has 0 saturated heterocycles. The van der Waals surface area contributed by atoms with Gasteiger partial charge in [0.15, 0.2) is 0 Å². The predicted octanol–water partition coefficient (Wildman–Crippen LogP) is 7.96. The summed E-state index contributed by atoms with van der Waals surface area (Å²) in [5.74, 6) is 0.761. The van der Waals surface area contributed by atoms with Gasteiger partial charge in [-0.15, -0.1) is 0 Å². The lowest BCUT2D eigenvalue weighted by molar-refractivity contribution is -0.131. The number of ether oxygens (including phenoxy) is 6. The zero-order valence-corrected chi connectivity index (χ0v) is 35.5. The molecule has 0 unspecified atom stereocenters. The fourth-order valence-corrected chi connectivity index (χ4v) is 4.46. The maximum absolute atomic E-state index is 11.8. The number of nitrogens with two attached hydrogens (primary N) is 1. The van der Waals surface area contributed by atoms with Crippen LogP contribution in [0.1, 0.15) is 88.0 Å². The summed E-state index contributed by atoms with van der Waals surface area (Å²) in [6.45, 7) is 23.3. The van der Waals surface area contributed by atoms with Crippen molar-refractivity contribution >= 4 is 23.4 Å². The van der Waals surface area contributed by atoms with Gasteiger partial charge in [-0.05, 0) is 75.2 Å². The molecule has 0 aromatic heterocycles. The SMILES string of the molecule is CC.CC.CCC[C@@H](C)N.CCC[C@@H](C)NC(=O)Oc1ccc(N(CCOC)CCOC)cc1.COCCN(CCOC)c1ccc(OC(C)=O)cc1. The van der Waals surface area contributed by atoms with E-state index in [4.69, 9.17) is 34.2 Å². The topological polar surface area (TPSA) is 134 Å². The molecule has 2 rings (SSSR count). The number of rotatable bonds is 21. The Hall–Kier alpha value is -3.42. The van der Waals surface area contributed by atoms with Gasteiger partial charge in [-0.1, -0.05) is 54.4 Å². The van der Waals surface area contributed by atoms with Crippen LogP contribution in [0.5, 0.6) is 11.5 Å². The summed E-state index contributed by atoms with van der Waals surface area (Å²) in [7, 11) is 6.73. The Balaban J connectivity index is -0.000000766. The first kappa shape index (κ1) is 53.9. The third-order valence-electron chi connectivity index (χ3n) is 6.97. The summed E-state index contributed by atoms with van der Waals surface area (Å²) in [6, 6.07) is 15.4. The Labute approximate surface area is 323 Å². The molecule has 0 aliphatic rings. The first-order valence-electron chi connectivity index (χ1n) is 19.1. The first-order valence-corrected chi connectivity index (χ1v) is 19.1. The van der Waals surface area contributed by atoms with E-state index in [0.717, 1.165) is 56.8 Å². The molecule has 2 aromatic rings. The number of nitrogens with one attached hydrogen (secondary N) is 1. The first-order chi connectivity index (χ1) is 25.5. The van der Waals surface area contributed by atoms with Crippen LogP contribution in [0, 0.1) is 0 Å². The molecular weight excluding hydrogens is 676 g/mol. The monoisotopic (exact) mass is 753 g/mol. The van der Waals surface area contributed by atoms with Crippen LogP contribution in [-0.2, 0) is 23.7 Å². The molecule has 53 heavy (non-hydrogen) atoms. The van der Waals surface area contributed by atoms with Crippen molar-refractivity contribution in [2.45, 2.75) is 100 Å². The van der Waals surface area contributed by atoms with Gasteiger partial charge in [0.1, 0.15) is 11.5 Å². The van der Waals surface area contributed by atoms with Crippen molar-refractivity contribution in [1.29, 1.82) is 0 Å². The molecule has 0 bridgehead atoms. The minimum absolute atomic E-state index is 0.111. The molecule has 2 atom stereocenters. The minimum atomic E-state index is -0.417. The molecular formula is C41H76N4O8. The second-order valence-electron chi connectivity index (χ2n) is 11.5. The van der Waals surface area contributed by atoms with Gasteiger partial charge in [0, 0.05) is 85.0 Å². The summed E-state index contributed by atoms with van der Waals surface area (Å²) in [4.78, 5) is 27.0. The van der Waals surface area contributed by atoms with E-state index in [-0.39, 0.29) is 12.0 Å². The second-order valence-corrected chi connectivity index (χ2v) is 11.5. The quantitative estimate of drug-likeness (QED) is 0.0950. The molecule has 0 heterocycles. The van der Waals surface area contributed by atoms with E-state index in [2.05, 4.69) is 29.0 Å². The number of benzene rings is 2. The lowest BCUT2D eigenvalue weighted by Crippen LogP contribution is -2.34. The molecule has 12 nitrogen and oxygen atoms in total. The number of esters is 1. The Bertz CT molecular complexity index is 1070. The number of hydrogen-bond acceptors (Lipinski definition) is 11. The van der Waals surface area contributed by atoms with Crippen molar-refractivity contribution in [2.75, 3.05) is 90.8 Å². The van der Waals surface area contributed by atoms with Gasteiger partial charge < -0.3 is 49.3 Å². The molecule has 308 valence electrons. The highest BCUT2D eigenvalue weighted by molar-refractivity contribution is 5.71. The Morgan fingerprint density at radius 3 is 1.23 bits per heavy atom. The molecule has 0 saturated carbocycles. The Kier molecular flexibility index (Phi) is 39.0. The number of carbonyl (C=O) groups is 2. The third kappa shape index (κ3) is 30.7. The highest BCUT2D eigenvalue weighted by atomic mass is 16.6. The predicted molar refractivity (Wildman–Crippen MR) is 221 cm³/mol. The van der Waals surface area contributed by atoms with Crippen molar-refractivity contribution in [2.24, 2.45) is 5.73 Å². The third-order valence-corrected chi connectivity index (χ3v) is 6.97. The number of hydrogen-bond donors (Lipinski definition) is 2. The van der Waals surface area contributed by atoms with Crippen LogP contribution in [0.3, 0.4) is 0 Å². The molecule has 12 heteroatoms. The smallest absolute Gasteiger partial charge is 0.412 e. The van der Waals surface area contributed by atoms with E-state index in [1.165, 1.54) is 13.3 Å². The van der Waals surface area contributed by atoms with Crippen LogP contribution in [-0.4, -0.2) is 105 Å². The average molecular weight is 753 g/mol. The number of nitrogens with zero attached hydrogens (tertiary/aromatic N) is 2. The number of amides is 1. The van der Waals surface area contributed by atoms with E-state index in [0.29, 0.717) is 44.0 Å². The van der Waals surface area contributed by atoms with Crippen LogP contribution < -0.4 is 30.3 Å². The highest BCUT2D eigenvalue weighted by Crippen LogP contribution is 2.21. The molecule has 0 aliphatic heterocycles. The molecule has 0 fully saturated rings. The summed E-state index contributed by atoms with van der Waals surface area (Å²) in [5.41, 5.74) is 7.49. The van der Waals surface area contributed by atoms with Gasteiger partial charge in [0.2, 0.25) is 0 Å². The van der Waals surface area contributed by atoms with Crippen LogP contribution in [0.2, 0.25) is 0 Å². The molecule has 0 aliphatic carbocycles. The average Bonchev–Trinajstić information content (AvgIpc) is 3.14. The lowest BCUT2D eigenvalue weighted by Gasteiger charge is -2.24. The van der Waals surface area contributed by atoms with Gasteiger partial charge in [-0.3, -0.25) is 4.79 Å². The maximum Gasteiger partial charge on any atom is 0.412 e. The van der Waals surface area contributed by atoms with Gasteiger partial charge in [0.05, 0.1) is 26.4 Å². The lowest BCUT2D eigenvalue weighted by atomic mass is 10.2. The maximum atomic E-state index is 11.8. The Morgan fingerprint density at radius 1 is 0.623 bits per heavy atom. The van der Waals surface area contributed by atoms with Crippen molar-refractivity contribution < 1.29 is 38.0 Å². The van der Waals surface area contributed by atoms with Crippen LogP contribution in [0.4, 0.5) is 16.2 Å². The zero-order valence-electron chi connectivity index (χ0n) is 35.5. The molecule has 3 N–H and O–H groups in total. The van der Waals surface area contributed by atoms with Crippen molar-refractivity contribution in [1.82, 2.24) is 5.32 Å². The van der Waals surface area contributed by atoms with E-state index >= 15 is 0 Å². The van der Waals surface area contributed by atoms with Crippen molar-refractivity contribution in [3.63, 3.8) is 0 Å². The molecule has 0 spiro atoms. The highest BCUT2D eigenvalue weighted by Gasteiger charge is 2.11.